The highest BCUT2D eigenvalue weighted by molar-refractivity contribution is 7.90. The first-order chi connectivity index (χ1) is 12.4. The van der Waals surface area contributed by atoms with Gasteiger partial charge in [0, 0.05) is 32.5 Å². The number of likely N-dealkylation sites (N-methyl/N-ethyl adjacent to an activating group) is 2. The Bertz CT molecular complexity index is 649. The van der Waals surface area contributed by atoms with Gasteiger partial charge in [0.25, 0.3) is 0 Å². The monoisotopic (exact) mass is 386 g/mol. The molecule has 26 heavy (non-hydrogen) atoms. The van der Waals surface area contributed by atoms with Crippen molar-refractivity contribution in [2.45, 2.75) is 58.0 Å². The normalized spacial score (nSPS) is 18.3. The molecule has 0 saturated carbocycles. The molecular formula is C18H34N4O3S. The van der Waals surface area contributed by atoms with Crippen LogP contribution in [0.15, 0.2) is 11.4 Å². The van der Waals surface area contributed by atoms with Gasteiger partial charge < -0.3 is 14.2 Å². The van der Waals surface area contributed by atoms with Gasteiger partial charge in [0.2, 0.25) is 15.0 Å². The SMILES string of the molecule is CCN(CC)CCN(CC)Cc1cnc(S(C)(=O)=O)n1C[C@H]1CCCO1. The van der Waals surface area contributed by atoms with Crippen molar-refractivity contribution in [1.82, 2.24) is 19.4 Å². The highest BCUT2D eigenvalue weighted by atomic mass is 32.2. The van der Waals surface area contributed by atoms with E-state index in [9.17, 15) is 8.42 Å². The summed E-state index contributed by atoms with van der Waals surface area (Å²) in [7, 11) is -3.36. The molecule has 1 aliphatic heterocycles. The molecule has 1 saturated heterocycles. The second kappa shape index (κ2) is 9.82. The van der Waals surface area contributed by atoms with Gasteiger partial charge in [-0.05, 0) is 32.5 Å². The summed E-state index contributed by atoms with van der Waals surface area (Å²) in [6.07, 6.45) is 5.03. The number of ether oxygens (including phenoxy) is 1. The maximum absolute atomic E-state index is 12.1. The lowest BCUT2D eigenvalue weighted by molar-refractivity contribution is 0.0931. The molecule has 2 rings (SSSR count). The molecule has 0 unspecified atom stereocenters. The van der Waals surface area contributed by atoms with Crippen molar-refractivity contribution in [3.8, 4) is 0 Å². The zero-order valence-electron chi connectivity index (χ0n) is 16.6. The first kappa shape index (κ1) is 21.3. The lowest BCUT2D eigenvalue weighted by atomic mass is 10.2. The number of nitrogens with zero attached hydrogens (tertiary/aromatic N) is 4. The van der Waals surface area contributed by atoms with Crippen molar-refractivity contribution in [3.05, 3.63) is 11.9 Å². The van der Waals surface area contributed by atoms with Crippen LogP contribution in [0.5, 0.6) is 0 Å². The molecular weight excluding hydrogens is 352 g/mol. The highest BCUT2D eigenvalue weighted by Gasteiger charge is 2.24. The standard InChI is InChI=1S/C18H34N4O3S/c1-5-20(6-2)10-11-21(7-3)14-16-13-19-18(26(4,23)24)22(16)15-17-9-8-12-25-17/h13,17H,5-12,14-15H2,1-4H3/t17-/m1/s1. The molecule has 7 nitrogen and oxygen atoms in total. The van der Waals surface area contributed by atoms with Crippen LogP contribution in [0.3, 0.4) is 0 Å². The molecule has 1 aromatic rings. The summed E-state index contributed by atoms with van der Waals surface area (Å²) in [5, 5.41) is 0.155. The van der Waals surface area contributed by atoms with Crippen LogP contribution in [0.4, 0.5) is 0 Å². The van der Waals surface area contributed by atoms with Gasteiger partial charge in [-0.25, -0.2) is 13.4 Å². The third-order valence-corrected chi connectivity index (χ3v) is 6.09. The van der Waals surface area contributed by atoms with Crippen LogP contribution in [0.1, 0.15) is 39.3 Å². The first-order valence-corrected chi connectivity index (χ1v) is 11.6. The average molecular weight is 387 g/mol. The lowest BCUT2D eigenvalue weighted by Crippen LogP contribution is -2.35. The fourth-order valence-electron chi connectivity index (χ4n) is 3.40. The maximum atomic E-state index is 12.1. The molecule has 0 N–H and O–H groups in total. The number of hydrogen-bond donors (Lipinski definition) is 0. The van der Waals surface area contributed by atoms with Gasteiger partial charge in [0.05, 0.1) is 24.5 Å². The summed E-state index contributed by atoms with van der Waals surface area (Å²) in [6, 6.07) is 0. The van der Waals surface area contributed by atoms with E-state index < -0.39 is 9.84 Å². The molecule has 1 aliphatic rings. The van der Waals surface area contributed by atoms with E-state index in [1.807, 2.05) is 4.57 Å². The number of rotatable bonds is 11. The zero-order valence-corrected chi connectivity index (χ0v) is 17.5. The lowest BCUT2D eigenvalue weighted by Gasteiger charge is -2.26. The van der Waals surface area contributed by atoms with Crippen LogP contribution in [-0.2, 0) is 27.7 Å². The molecule has 0 amide bonds. The smallest absolute Gasteiger partial charge is 0.227 e. The summed E-state index contributed by atoms with van der Waals surface area (Å²) in [5.74, 6) is 0. The summed E-state index contributed by atoms with van der Waals surface area (Å²) in [6.45, 7) is 13.5. The Morgan fingerprint density at radius 2 is 1.85 bits per heavy atom. The summed E-state index contributed by atoms with van der Waals surface area (Å²) < 4.78 is 31.9. The van der Waals surface area contributed by atoms with Crippen molar-refractivity contribution in [3.63, 3.8) is 0 Å². The zero-order chi connectivity index (χ0) is 19.2. The van der Waals surface area contributed by atoms with E-state index >= 15 is 0 Å². The quantitative estimate of drug-likeness (QED) is 0.576. The Labute approximate surface area is 158 Å². The fraction of sp³-hybridized carbons (Fsp3) is 0.833. The first-order valence-electron chi connectivity index (χ1n) is 9.69. The molecule has 1 aromatic heterocycles. The maximum Gasteiger partial charge on any atom is 0.227 e. The van der Waals surface area contributed by atoms with Crippen LogP contribution < -0.4 is 0 Å². The Morgan fingerprint density at radius 3 is 2.38 bits per heavy atom. The minimum atomic E-state index is -3.36. The van der Waals surface area contributed by atoms with Gasteiger partial charge in [0.15, 0.2) is 0 Å². The van der Waals surface area contributed by atoms with E-state index in [1.54, 1.807) is 6.20 Å². The van der Waals surface area contributed by atoms with Gasteiger partial charge in [-0.2, -0.15) is 0 Å². The number of aromatic nitrogens is 2. The molecule has 0 bridgehead atoms. The fourth-order valence-corrected chi connectivity index (χ4v) is 4.24. The van der Waals surface area contributed by atoms with E-state index in [4.69, 9.17) is 4.74 Å². The third-order valence-electron chi connectivity index (χ3n) is 5.10. The van der Waals surface area contributed by atoms with Crippen molar-refractivity contribution in [2.24, 2.45) is 0 Å². The molecule has 0 aromatic carbocycles. The molecule has 1 fully saturated rings. The van der Waals surface area contributed by atoms with Crippen molar-refractivity contribution < 1.29 is 13.2 Å². The number of hydrogen-bond acceptors (Lipinski definition) is 6. The molecule has 2 heterocycles. The van der Waals surface area contributed by atoms with Crippen LogP contribution in [0.2, 0.25) is 0 Å². The van der Waals surface area contributed by atoms with Gasteiger partial charge in [-0.15, -0.1) is 0 Å². The highest BCUT2D eigenvalue weighted by Crippen LogP contribution is 2.20. The second-order valence-electron chi connectivity index (χ2n) is 6.95. The summed E-state index contributed by atoms with van der Waals surface area (Å²) in [4.78, 5) is 8.96. The molecule has 0 radical (unpaired) electrons. The third kappa shape index (κ3) is 5.77. The van der Waals surface area contributed by atoms with Gasteiger partial charge >= 0.3 is 0 Å². The minimum absolute atomic E-state index is 0.0780. The van der Waals surface area contributed by atoms with Gasteiger partial charge in [-0.1, -0.05) is 20.8 Å². The number of sulfone groups is 1. The van der Waals surface area contributed by atoms with Crippen LogP contribution in [0, 0.1) is 0 Å². The topological polar surface area (TPSA) is 67.7 Å². The van der Waals surface area contributed by atoms with E-state index in [-0.39, 0.29) is 11.3 Å². The molecule has 0 spiro atoms. The van der Waals surface area contributed by atoms with Crippen LogP contribution in [-0.4, -0.2) is 79.5 Å². The minimum Gasteiger partial charge on any atom is -0.376 e. The van der Waals surface area contributed by atoms with E-state index in [2.05, 4.69) is 35.6 Å². The Hall–Kier alpha value is -0.960. The Balaban J connectivity index is 2.14. The van der Waals surface area contributed by atoms with E-state index in [0.29, 0.717) is 13.1 Å². The van der Waals surface area contributed by atoms with Crippen molar-refractivity contribution >= 4 is 9.84 Å². The Kier molecular flexibility index (Phi) is 8.06. The predicted octanol–water partition coefficient (Wildman–Crippen LogP) is 1.63. The van der Waals surface area contributed by atoms with Crippen LogP contribution >= 0.6 is 0 Å². The largest absolute Gasteiger partial charge is 0.376 e. The molecule has 1 atom stereocenters. The van der Waals surface area contributed by atoms with Gasteiger partial charge in [0.1, 0.15) is 0 Å². The van der Waals surface area contributed by atoms with Crippen LogP contribution in [0.25, 0.3) is 0 Å². The molecule has 0 aliphatic carbocycles. The Morgan fingerprint density at radius 1 is 1.19 bits per heavy atom. The number of imidazole rings is 1. The summed E-state index contributed by atoms with van der Waals surface area (Å²) in [5.41, 5.74) is 0.947. The average Bonchev–Trinajstić information content (AvgIpc) is 3.25. The summed E-state index contributed by atoms with van der Waals surface area (Å²) >= 11 is 0. The van der Waals surface area contributed by atoms with Crippen molar-refractivity contribution in [2.75, 3.05) is 45.6 Å². The second-order valence-corrected chi connectivity index (χ2v) is 8.86. The van der Waals surface area contributed by atoms with E-state index in [0.717, 1.165) is 57.9 Å². The van der Waals surface area contributed by atoms with Gasteiger partial charge in [-0.3, -0.25) is 4.90 Å². The molecule has 8 heteroatoms. The molecule has 150 valence electrons. The van der Waals surface area contributed by atoms with E-state index in [1.165, 1.54) is 6.26 Å². The van der Waals surface area contributed by atoms with Crippen molar-refractivity contribution in [1.29, 1.82) is 0 Å². The predicted molar refractivity (Wildman–Crippen MR) is 103 cm³/mol.